The zero-order chi connectivity index (χ0) is 21.2. The molecule has 8 nitrogen and oxygen atoms in total. The molecule has 2 rings (SSSR count). The summed E-state index contributed by atoms with van der Waals surface area (Å²) in [6.07, 6.45) is 3.36. The van der Waals surface area contributed by atoms with Gasteiger partial charge >= 0.3 is 0 Å². The van der Waals surface area contributed by atoms with Crippen LogP contribution in [0, 0.1) is 10.1 Å². The van der Waals surface area contributed by atoms with Gasteiger partial charge in [-0.1, -0.05) is 31.9 Å². The second-order valence-electron chi connectivity index (χ2n) is 6.30. The van der Waals surface area contributed by atoms with Crippen LogP contribution >= 0.6 is 12.2 Å². The van der Waals surface area contributed by atoms with E-state index in [2.05, 4.69) is 22.9 Å². The lowest BCUT2D eigenvalue weighted by atomic mass is 10.2. The Morgan fingerprint density at radius 1 is 1.03 bits per heavy atom. The number of non-ortho nitro benzene ring substituents is 1. The summed E-state index contributed by atoms with van der Waals surface area (Å²) >= 11 is 5.13. The Morgan fingerprint density at radius 3 is 2.41 bits per heavy atom. The van der Waals surface area contributed by atoms with Crippen molar-refractivity contribution in [3.8, 4) is 0 Å². The van der Waals surface area contributed by atoms with E-state index in [-0.39, 0.29) is 22.3 Å². The van der Waals surface area contributed by atoms with E-state index >= 15 is 0 Å². The van der Waals surface area contributed by atoms with Gasteiger partial charge in [-0.05, 0) is 42.9 Å². The first-order chi connectivity index (χ1) is 13.9. The number of nitrogens with zero attached hydrogens (tertiary/aromatic N) is 1. The molecule has 9 heteroatoms. The molecule has 3 N–H and O–H groups in total. The topological polar surface area (TPSA) is 113 Å². The number of thiocarbonyl (C=S) groups is 1. The van der Waals surface area contributed by atoms with Crippen molar-refractivity contribution in [2.24, 2.45) is 0 Å². The molecule has 0 aromatic heterocycles. The Kier molecular flexibility index (Phi) is 8.23. The summed E-state index contributed by atoms with van der Waals surface area (Å²) in [7, 11) is 0. The van der Waals surface area contributed by atoms with Crippen LogP contribution in [0.4, 0.5) is 17.1 Å². The maximum atomic E-state index is 12.2. The quantitative estimate of drug-likeness (QED) is 0.258. The van der Waals surface area contributed by atoms with Crippen LogP contribution in [-0.4, -0.2) is 21.9 Å². The molecule has 2 aromatic carbocycles. The van der Waals surface area contributed by atoms with Crippen LogP contribution in [0.1, 0.15) is 43.0 Å². The fourth-order valence-electron chi connectivity index (χ4n) is 2.53. The van der Waals surface area contributed by atoms with E-state index < -0.39 is 10.8 Å². The Labute approximate surface area is 173 Å². The van der Waals surface area contributed by atoms with Gasteiger partial charge in [0.2, 0.25) is 5.91 Å². The molecule has 0 aliphatic carbocycles. The Morgan fingerprint density at radius 2 is 1.72 bits per heavy atom. The number of nitro groups is 1. The largest absolute Gasteiger partial charge is 0.332 e. The molecule has 0 heterocycles. The minimum Gasteiger partial charge on any atom is -0.332 e. The molecule has 0 aliphatic rings. The number of rotatable bonds is 8. The van der Waals surface area contributed by atoms with E-state index in [0.29, 0.717) is 17.8 Å². The van der Waals surface area contributed by atoms with Crippen molar-refractivity contribution in [2.45, 2.75) is 32.6 Å². The summed E-state index contributed by atoms with van der Waals surface area (Å²) < 4.78 is 0. The normalized spacial score (nSPS) is 10.1. The van der Waals surface area contributed by atoms with Gasteiger partial charge < -0.3 is 10.6 Å². The second kappa shape index (κ2) is 10.9. The van der Waals surface area contributed by atoms with E-state index in [1.165, 1.54) is 24.3 Å². The molecule has 2 amide bonds. The summed E-state index contributed by atoms with van der Waals surface area (Å²) in [5.41, 5.74) is 1.14. The summed E-state index contributed by atoms with van der Waals surface area (Å²) in [6, 6.07) is 12.3. The minimum absolute atomic E-state index is 0.0351. The molecule has 0 aliphatic heterocycles. The number of nitrogens with one attached hydrogen (secondary N) is 3. The van der Waals surface area contributed by atoms with Gasteiger partial charge in [0.15, 0.2) is 5.11 Å². The van der Waals surface area contributed by atoms with Crippen LogP contribution in [-0.2, 0) is 4.79 Å². The fourth-order valence-corrected chi connectivity index (χ4v) is 2.74. The average Bonchev–Trinajstić information content (AvgIpc) is 2.68. The lowest BCUT2D eigenvalue weighted by Crippen LogP contribution is -2.34. The van der Waals surface area contributed by atoms with Gasteiger partial charge in [-0.2, -0.15) is 0 Å². The predicted octanol–water partition coefficient (Wildman–Crippen LogP) is 4.24. The number of carbonyl (C=O) groups is 2. The molecular weight excluding hydrogens is 392 g/mol. The Hall–Kier alpha value is -3.33. The van der Waals surface area contributed by atoms with Gasteiger partial charge in [-0.15, -0.1) is 0 Å². The molecular formula is C20H22N4O4S. The first kappa shape index (κ1) is 22.0. The van der Waals surface area contributed by atoms with Gasteiger partial charge in [0.1, 0.15) is 0 Å². The van der Waals surface area contributed by atoms with E-state index in [9.17, 15) is 19.7 Å². The fraction of sp³-hybridized carbons (Fsp3) is 0.250. The number of unbranched alkanes of at least 4 members (excludes halogenated alkanes) is 2. The van der Waals surface area contributed by atoms with Crippen LogP contribution in [0.5, 0.6) is 0 Å². The number of amides is 2. The highest BCUT2D eigenvalue weighted by Gasteiger charge is 2.13. The number of hydrogen-bond acceptors (Lipinski definition) is 5. The summed E-state index contributed by atoms with van der Waals surface area (Å²) in [6.45, 7) is 2.08. The van der Waals surface area contributed by atoms with Crippen molar-refractivity contribution in [3.63, 3.8) is 0 Å². The highest BCUT2D eigenvalue weighted by Crippen LogP contribution is 2.16. The summed E-state index contributed by atoms with van der Waals surface area (Å²) in [5.74, 6) is -0.622. The lowest BCUT2D eigenvalue weighted by molar-refractivity contribution is -0.384. The predicted molar refractivity (Wildman–Crippen MR) is 116 cm³/mol. The Balaban J connectivity index is 1.93. The van der Waals surface area contributed by atoms with Crippen LogP contribution in [0.3, 0.4) is 0 Å². The van der Waals surface area contributed by atoms with Crippen molar-refractivity contribution in [1.82, 2.24) is 5.32 Å². The van der Waals surface area contributed by atoms with Crippen LogP contribution in [0.2, 0.25) is 0 Å². The number of hydrogen-bond donors (Lipinski definition) is 3. The third-order valence-corrected chi connectivity index (χ3v) is 4.16. The van der Waals surface area contributed by atoms with E-state index in [1.54, 1.807) is 24.3 Å². The number of benzene rings is 2. The molecule has 0 saturated heterocycles. The molecule has 2 aromatic rings. The van der Waals surface area contributed by atoms with Crippen LogP contribution < -0.4 is 16.0 Å². The molecule has 0 saturated carbocycles. The zero-order valence-electron chi connectivity index (χ0n) is 15.9. The molecule has 29 heavy (non-hydrogen) atoms. The van der Waals surface area contributed by atoms with Crippen molar-refractivity contribution < 1.29 is 14.5 Å². The first-order valence-corrected chi connectivity index (χ1v) is 9.56. The van der Waals surface area contributed by atoms with Gasteiger partial charge in [0.05, 0.1) is 4.92 Å². The number of anilines is 2. The van der Waals surface area contributed by atoms with Crippen molar-refractivity contribution >= 4 is 46.2 Å². The van der Waals surface area contributed by atoms with Crippen molar-refractivity contribution in [2.75, 3.05) is 10.6 Å². The first-order valence-electron chi connectivity index (χ1n) is 9.15. The van der Waals surface area contributed by atoms with Gasteiger partial charge in [0, 0.05) is 35.5 Å². The molecule has 0 bridgehead atoms. The highest BCUT2D eigenvalue weighted by molar-refractivity contribution is 7.80. The molecule has 0 radical (unpaired) electrons. The third kappa shape index (κ3) is 7.30. The van der Waals surface area contributed by atoms with Gasteiger partial charge in [-0.25, -0.2) is 0 Å². The average molecular weight is 414 g/mol. The molecule has 0 fully saturated rings. The second-order valence-corrected chi connectivity index (χ2v) is 6.71. The standard InChI is InChI=1S/C20H22N4O4S/c1-2-3-4-11-18(25)21-15-8-6-9-16(13-15)22-20(29)23-19(26)14-7-5-10-17(12-14)24(27)28/h5-10,12-13H,2-4,11H2,1H3,(H,21,25)(H2,22,23,26,29). The maximum absolute atomic E-state index is 12.2. The number of carbonyl (C=O) groups excluding carboxylic acids is 2. The van der Waals surface area contributed by atoms with E-state index in [4.69, 9.17) is 12.2 Å². The van der Waals surface area contributed by atoms with Crippen molar-refractivity contribution in [1.29, 1.82) is 0 Å². The number of nitro benzene ring substituents is 1. The third-order valence-electron chi connectivity index (χ3n) is 3.96. The monoisotopic (exact) mass is 414 g/mol. The lowest BCUT2D eigenvalue weighted by Gasteiger charge is -2.11. The SMILES string of the molecule is CCCCCC(=O)Nc1cccc(NC(=S)NC(=O)c2cccc([N+](=O)[O-])c2)c1. The van der Waals surface area contributed by atoms with Gasteiger partial charge in [0.25, 0.3) is 11.6 Å². The van der Waals surface area contributed by atoms with Crippen LogP contribution in [0.25, 0.3) is 0 Å². The summed E-state index contributed by atoms with van der Waals surface area (Å²) in [5, 5.41) is 19.0. The molecule has 0 spiro atoms. The smallest absolute Gasteiger partial charge is 0.270 e. The van der Waals surface area contributed by atoms with E-state index in [0.717, 1.165) is 19.3 Å². The maximum Gasteiger partial charge on any atom is 0.270 e. The molecule has 0 unspecified atom stereocenters. The van der Waals surface area contributed by atoms with Crippen molar-refractivity contribution in [3.05, 3.63) is 64.2 Å². The minimum atomic E-state index is -0.574. The van der Waals surface area contributed by atoms with E-state index in [1.807, 2.05) is 0 Å². The van der Waals surface area contributed by atoms with Gasteiger partial charge in [-0.3, -0.25) is 25.0 Å². The highest BCUT2D eigenvalue weighted by atomic mass is 32.1. The summed E-state index contributed by atoms with van der Waals surface area (Å²) in [4.78, 5) is 34.4. The Bertz CT molecular complexity index is 917. The van der Waals surface area contributed by atoms with Crippen LogP contribution in [0.15, 0.2) is 48.5 Å². The molecule has 0 atom stereocenters. The molecule has 152 valence electrons. The zero-order valence-corrected chi connectivity index (χ0v) is 16.8.